The summed E-state index contributed by atoms with van der Waals surface area (Å²) in [6, 6.07) is 19.6. The van der Waals surface area contributed by atoms with Gasteiger partial charge in [-0.3, -0.25) is 4.79 Å². The second-order valence-corrected chi connectivity index (χ2v) is 6.26. The fourth-order valence-electron chi connectivity index (χ4n) is 3.53. The van der Waals surface area contributed by atoms with Gasteiger partial charge in [0.2, 0.25) is 0 Å². The van der Waals surface area contributed by atoms with Crippen molar-refractivity contribution in [3.63, 3.8) is 0 Å². The molecule has 0 bridgehead atoms. The summed E-state index contributed by atoms with van der Waals surface area (Å²) in [5.41, 5.74) is 3.16. The Bertz CT molecular complexity index is 1010. The number of ketones is 1. The summed E-state index contributed by atoms with van der Waals surface area (Å²) in [7, 11) is 1.60. The van der Waals surface area contributed by atoms with E-state index in [1.807, 2.05) is 60.7 Å². The molecule has 0 unspecified atom stereocenters. The van der Waals surface area contributed by atoms with E-state index < -0.39 is 0 Å². The Hall–Kier alpha value is -3.07. The molecule has 0 radical (unpaired) electrons. The lowest BCUT2D eigenvalue weighted by Crippen LogP contribution is -2.01. The van der Waals surface area contributed by atoms with Crippen molar-refractivity contribution in [3.05, 3.63) is 83.1 Å². The maximum atomic E-state index is 12.5. The molecule has 124 valence electrons. The number of Topliss-reactive ketones (excluding diaryl/α,β-unsaturated/α-hetero) is 1. The van der Waals surface area contributed by atoms with Crippen LogP contribution in [0.5, 0.6) is 5.75 Å². The van der Waals surface area contributed by atoms with Gasteiger partial charge in [-0.15, -0.1) is 0 Å². The van der Waals surface area contributed by atoms with Crippen LogP contribution in [0.4, 0.5) is 0 Å². The molecule has 3 aromatic rings. The molecule has 0 spiro atoms. The first kappa shape index (κ1) is 15.5. The van der Waals surface area contributed by atoms with Gasteiger partial charge in [0.25, 0.3) is 0 Å². The number of allylic oxidation sites excluding steroid dienone is 2. The lowest BCUT2D eigenvalue weighted by Gasteiger charge is -2.09. The summed E-state index contributed by atoms with van der Waals surface area (Å²) in [5, 5.41) is 13.0. The van der Waals surface area contributed by atoms with Crippen LogP contribution in [0.1, 0.15) is 16.7 Å². The van der Waals surface area contributed by atoms with E-state index in [9.17, 15) is 9.90 Å². The Morgan fingerprint density at radius 3 is 2.72 bits per heavy atom. The van der Waals surface area contributed by atoms with Crippen molar-refractivity contribution in [2.75, 3.05) is 7.11 Å². The van der Waals surface area contributed by atoms with Gasteiger partial charge in [-0.1, -0.05) is 48.5 Å². The molecule has 0 heterocycles. The van der Waals surface area contributed by atoms with Crippen molar-refractivity contribution < 1.29 is 14.6 Å². The summed E-state index contributed by atoms with van der Waals surface area (Å²) in [6.07, 6.45) is 0.648. The molecular weight excluding hydrogens is 312 g/mol. The van der Waals surface area contributed by atoms with Gasteiger partial charge in [0.1, 0.15) is 11.5 Å². The highest BCUT2D eigenvalue weighted by Crippen LogP contribution is 2.35. The van der Waals surface area contributed by atoms with Crippen LogP contribution in [0.15, 0.2) is 66.4 Å². The predicted octanol–water partition coefficient (Wildman–Crippen LogP) is 4.49. The van der Waals surface area contributed by atoms with Gasteiger partial charge < -0.3 is 9.84 Å². The number of methoxy groups -OCH3 is 1. The SMILES string of the molecule is COc1ccc2c(c1)CC(=O)C2=C(O)Cc1cccc2ccccc12. The largest absolute Gasteiger partial charge is 0.511 e. The first-order chi connectivity index (χ1) is 12.2. The zero-order valence-electron chi connectivity index (χ0n) is 14.0. The Morgan fingerprint density at radius 2 is 1.88 bits per heavy atom. The lowest BCUT2D eigenvalue weighted by atomic mass is 9.98. The number of carbonyl (C=O) groups is 1. The number of benzene rings is 3. The predicted molar refractivity (Wildman–Crippen MR) is 98.9 cm³/mol. The molecule has 0 aromatic heterocycles. The molecule has 4 rings (SSSR count). The quantitative estimate of drug-likeness (QED) is 0.569. The zero-order valence-corrected chi connectivity index (χ0v) is 14.0. The van der Waals surface area contributed by atoms with Crippen molar-refractivity contribution in [1.29, 1.82) is 0 Å². The minimum absolute atomic E-state index is 0.0408. The minimum atomic E-state index is -0.0408. The minimum Gasteiger partial charge on any atom is -0.511 e. The Morgan fingerprint density at radius 1 is 1.08 bits per heavy atom. The van der Waals surface area contributed by atoms with Gasteiger partial charge in [-0.05, 0) is 39.6 Å². The average Bonchev–Trinajstić information content (AvgIpc) is 2.96. The molecule has 1 N–H and O–H groups in total. The Labute approximate surface area is 146 Å². The first-order valence-corrected chi connectivity index (χ1v) is 8.26. The summed E-state index contributed by atoms with van der Waals surface area (Å²) >= 11 is 0. The molecule has 0 saturated heterocycles. The Balaban J connectivity index is 1.77. The summed E-state index contributed by atoms with van der Waals surface area (Å²) in [6.45, 7) is 0. The van der Waals surface area contributed by atoms with E-state index in [0.717, 1.165) is 33.2 Å². The van der Waals surface area contributed by atoms with Gasteiger partial charge in [0, 0.05) is 12.8 Å². The number of hydrogen-bond donors (Lipinski definition) is 1. The third-order valence-electron chi connectivity index (χ3n) is 4.74. The molecule has 3 heteroatoms. The van der Waals surface area contributed by atoms with Gasteiger partial charge in [0.05, 0.1) is 12.7 Å². The lowest BCUT2D eigenvalue weighted by molar-refractivity contribution is -0.112. The number of hydrogen-bond acceptors (Lipinski definition) is 3. The zero-order chi connectivity index (χ0) is 17.4. The van der Waals surface area contributed by atoms with E-state index in [4.69, 9.17) is 4.74 Å². The van der Waals surface area contributed by atoms with Crippen LogP contribution < -0.4 is 4.74 Å². The number of rotatable bonds is 3. The molecule has 3 nitrogen and oxygen atoms in total. The van der Waals surface area contributed by atoms with Crippen molar-refractivity contribution in [3.8, 4) is 5.75 Å². The van der Waals surface area contributed by atoms with Gasteiger partial charge in [0.15, 0.2) is 5.78 Å². The van der Waals surface area contributed by atoms with Crippen LogP contribution in [0.3, 0.4) is 0 Å². The average molecular weight is 330 g/mol. The molecule has 0 aliphatic heterocycles. The van der Waals surface area contributed by atoms with E-state index in [1.54, 1.807) is 7.11 Å². The van der Waals surface area contributed by atoms with E-state index in [1.165, 1.54) is 0 Å². The molecule has 0 amide bonds. The normalized spacial score (nSPS) is 15.3. The van der Waals surface area contributed by atoms with Crippen LogP contribution in [0.25, 0.3) is 16.3 Å². The number of carbonyl (C=O) groups excluding carboxylic acids is 1. The van der Waals surface area contributed by atoms with E-state index in [0.29, 0.717) is 18.4 Å². The highest BCUT2D eigenvalue weighted by Gasteiger charge is 2.28. The van der Waals surface area contributed by atoms with Crippen LogP contribution in [-0.2, 0) is 17.6 Å². The van der Waals surface area contributed by atoms with Crippen LogP contribution in [0.2, 0.25) is 0 Å². The third kappa shape index (κ3) is 2.68. The fourth-order valence-corrected chi connectivity index (χ4v) is 3.53. The maximum Gasteiger partial charge on any atom is 0.171 e. The molecule has 3 aromatic carbocycles. The summed E-state index contributed by atoms with van der Waals surface area (Å²) in [4.78, 5) is 12.5. The fraction of sp³-hybridized carbons (Fsp3) is 0.136. The number of fused-ring (bicyclic) bond motifs is 2. The van der Waals surface area contributed by atoms with Crippen LogP contribution in [0, 0.1) is 0 Å². The van der Waals surface area contributed by atoms with Crippen LogP contribution >= 0.6 is 0 Å². The molecule has 25 heavy (non-hydrogen) atoms. The van der Waals surface area contributed by atoms with Crippen molar-refractivity contribution in [2.24, 2.45) is 0 Å². The number of aliphatic hydroxyl groups is 1. The van der Waals surface area contributed by atoms with Crippen molar-refractivity contribution in [1.82, 2.24) is 0 Å². The highest BCUT2D eigenvalue weighted by molar-refractivity contribution is 6.26. The summed E-state index contributed by atoms with van der Waals surface area (Å²) in [5.74, 6) is 0.813. The van der Waals surface area contributed by atoms with Crippen LogP contribution in [-0.4, -0.2) is 18.0 Å². The smallest absolute Gasteiger partial charge is 0.171 e. The molecule has 0 fully saturated rings. The summed E-state index contributed by atoms with van der Waals surface area (Å²) < 4.78 is 5.22. The van der Waals surface area contributed by atoms with Gasteiger partial charge in [-0.25, -0.2) is 0 Å². The van der Waals surface area contributed by atoms with Crippen molar-refractivity contribution in [2.45, 2.75) is 12.8 Å². The van der Waals surface area contributed by atoms with Crippen molar-refractivity contribution >= 4 is 22.1 Å². The maximum absolute atomic E-state index is 12.5. The third-order valence-corrected chi connectivity index (χ3v) is 4.74. The monoisotopic (exact) mass is 330 g/mol. The molecule has 1 aliphatic carbocycles. The first-order valence-electron chi connectivity index (χ1n) is 8.26. The number of aliphatic hydroxyl groups excluding tert-OH is 1. The Kier molecular flexibility index (Phi) is 3.77. The molecular formula is C22H18O3. The topological polar surface area (TPSA) is 46.5 Å². The molecule has 0 saturated carbocycles. The van der Waals surface area contributed by atoms with E-state index in [2.05, 4.69) is 0 Å². The van der Waals surface area contributed by atoms with Gasteiger partial charge in [-0.2, -0.15) is 0 Å². The molecule has 1 aliphatic rings. The number of ether oxygens (including phenoxy) is 1. The highest BCUT2D eigenvalue weighted by atomic mass is 16.5. The van der Waals surface area contributed by atoms with E-state index in [-0.39, 0.29) is 11.5 Å². The van der Waals surface area contributed by atoms with E-state index >= 15 is 0 Å². The second-order valence-electron chi connectivity index (χ2n) is 6.26. The van der Waals surface area contributed by atoms with Gasteiger partial charge >= 0.3 is 0 Å². The molecule has 0 atom stereocenters. The standard InChI is InChI=1S/C22H18O3/c1-25-17-9-10-19-16(11-17)13-21(24)22(19)20(23)12-15-7-4-6-14-5-2-3-8-18(14)15/h2-11,23H,12-13H2,1H3. The second kappa shape index (κ2) is 6.10.